The number of para-hydroxylation sites is 2. The van der Waals surface area contributed by atoms with Crippen molar-refractivity contribution in [3.8, 4) is 0 Å². The molecule has 0 spiro atoms. The molecule has 262 valence electrons. The molecular weight excluding hydrogens is 669 g/mol. The number of nitrogens with zero attached hydrogens (tertiary/aromatic N) is 2. The van der Waals surface area contributed by atoms with Crippen LogP contribution < -0.4 is 9.80 Å². The normalized spacial score (nSPS) is 11.9. The second-order valence-corrected chi connectivity index (χ2v) is 12.7. The van der Waals surface area contributed by atoms with Crippen LogP contribution in [0.25, 0.3) is 0 Å². The summed E-state index contributed by atoms with van der Waals surface area (Å²) in [7, 11) is 0. The highest BCUT2D eigenvalue weighted by Gasteiger charge is 2.36. The van der Waals surface area contributed by atoms with Crippen LogP contribution in [0, 0.1) is 0 Å². The number of carbonyl (C=O) groups excluding carboxylic acids is 4. The van der Waals surface area contributed by atoms with Crippen molar-refractivity contribution in [3.63, 3.8) is 0 Å². The summed E-state index contributed by atoms with van der Waals surface area (Å²) in [6.07, 6.45) is 0. The molecule has 0 aliphatic carbocycles. The fourth-order valence-corrected chi connectivity index (χ4v) is 6.60. The Kier molecular flexibility index (Phi) is 10.7. The van der Waals surface area contributed by atoms with E-state index in [4.69, 9.17) is 0 Å². The van der Waals surface area contributed by atoms with Crippen LogP contribution in [-0.2, 0) is 0 Å². The largest absolute Gasteiger partial charge is 0.293 e. The van der Waals surface area contributed by atoms with E-state index >= 15 is 0 Å². The second-order valence-electron chi connectivity index (χ2n) is 12.7. The summed E-state index contributed by atoms with van der Waals surface area (Å²) < 4.78 is 0. The molecule has 0 fully saturated rings. The van der Waals surface area contributed by atoms with Gasteiger partial charge in [-0.15, -0.1) is 0 Å². The number of Topliss-reactive ketones (excluding diaryl/α,β-unsaturated/α-hetero) is 2. The van der Waals surface area contributed by atoms with Crippen molar-refractivity contribution in [1.29, 1.82) is 0 Å². The Bertz CT molecular complexity index is 2170. The molecule has 2 amide bonds. The van der Waals surface area contributed by atoms with Gasteiger partial charge < -0.3 is 0 Å². The Morgan fingerprint density at radius 2 is 0.556 bits per heavy atom. The first-order valence-electron chi connectivity index (χ1n) is 17.7. The van der Waals surface area contributed by atoms with Gasteiger partial charge in [0.2, 0.25) is 0 Å². The van der Waals surface area contributed by atoms with Crippen LogP contribution in [0.2, 0.25) is 0 Å². The van der Waals surface area contributed by atoms with E-state index in [0.717, 1.165) is 0 Å². The Balaban J connectivity index is 1.29. The fourth-order valence-electron chi connectivity index (χ4n) is 6.60. The van der Waals surface area contributed by atoms with Gasteiger partial charge in [0.15, 0.2) is 11.6 Å². The van der Waals surface area contributed by atoms with E-state index in [9.17, 15) is 19.2 Å². The number of benzene rings is 7. The van der Waals surface area contributed by atoms with Crippen LogP contribution >= 0.6 is 0 Å². The summed E-state index contributed by atoms with van der Waals surface area (Å²) in [5.74, 6) is -1.31. The predicted octanol–water partition coefficient (Wildman–Crippen LogP) is 10.2. The van der Waals surface area contributed by atoms with Crippen LogP contribution in [0.5, 0.6) is 0 Å². The van der Waals surface area contributed by atoms with Gasteiger partial charge in [0.05, 0.1) is 0 Å². The zero-order valence-electron chi connectivity index (χ0n) is 29.3. The van der Waals surface area contributed by atoms with E-state index < -0.39 is 23.9 Å². The first kappa shape index (κ1) is 35.2. The Morgan fingerprint density at radius 3 is 0.852 bits per heavy atom. The SMILES string of the molecule is O=C(c1ccccc1)C(c1ccccc1)N(C(=O)c1ccc(C(=O)N(c2ccccc2)C(C(=O)c2ccccc2)c2ccccc2)cc1)c1ccccc1. The first-order valence-corrected chi connectivity index (χ1v) is 17.7. The van der Waals surface area contributed by atoms with E-state index in [1.165, 1.54) is 9.80 Å². The number of carbonyl (C=O) groups is 4. The third kappa shape index (κ3) is 7.54. The lowest BCUT2D eigenvalue weighted by Gasteiger charge is -2.32. The van der Waals surface area contributed by atoms with Crippen LogP contribution in [0.15, 0.2) is 206 Å². The molecule has 0 heterocycles. The summed E-state index contributed by atoms with van der Waals surface area (Å²) in [6, 6.07) is 59.0. The van der Waals surface area contributed by atoms with Crippen molar-refractivity contribution in [2.75, 3.05) is 9.80 Å². The summed E-state index contributed by atoms with van der Waals surface area (Å²) in [6.45, 7) is 0. The average molecular weight is 705 g/mol. The molecule has 7 aromatic rings. The Hall–Kier alpha value is -7.18. The molecular formula is C48H36N2O4. The zero-order chi connectivity index (χ0) is 37.3. The molecule has 2 atom stereocenters. The van der Waals surface area contributed by atoms with Crippen molar-refractivity contribution in [1.82, 2.24) is 0 Å². The molecule has 54 heavy (non-hydrogen) atoms. The van der Waals surface area contributed by atoms with Crippen LogP contribution in [0.4, 0.5) is 11.4 Å². The van der Waals surface area contributed by atoms with E-state index in [0.29, 0.717) is 33.6 Å². The molecule has 0 radical (unpaired) electrons. The molecule has 0 aliphatic heterocycles. The quantitative estimate of drug-likeness (QED) is 0.119. The summed E-state index contributed by atoms with van der Waals surface area (Å²) in [5.41, 5.74) is 3.90. The smallest absolute Gasteiger partial charge is 0.259 e. The summed E-state index contributed by atoms with van der Waals surface area (Å²) in [4.78, 5) is 61.1. The minimum atomic E-state index is -0.978. The van der Waals surface area contributed by atoms with Crippen molar-refractivity contribution in [3.05, 3.63) is 240 Å². The van der Waals surface area contributed by atoms with Crippen molar-refractivity contribution >= 4 is 34.8 Å². The van der Waals surface area contributed by atoms with Gasteiger partial charge in [-0.1, -0.05) is 158 Å². The van der Waals surface area contributed by atoms with Gasteiger partial charge >= 0.3 is 0 Å². The Labute approximate surface area is 314 Å². The van der Waals surface area contributed by atoms with Crippen molar-refractivity contribution in [2.24, 2.45) is 0 Å². The standard InChI is InChI=1S/C48H36N2O4/c51-45(37-23-11-3-12-24-37)43(35-19-7-1-8-20-35)49(41-27-15-5-16-28-41)47(53)39-31-33-40(34-32-39)48(54)50(42-29-17-6-18-30-42)44(36-21-9-2-10-22-36)46(52)38-25-13-4-14-26-38/h1-34,43-44H. The van der Waals surface area contributed by atoms with E-state index in [-0.39, 0.29) is 22.7 Å². The fraction of sp³-hybridized carbons (Fsp3) is 0.0417. The third-order valence-electron chi connectivity index (χ3n) is 9.25. The lowest BCUT2D eigenvalue weighted by molar-refractivity contribution is 0.0894. The van der Waals surface area contributed by atoms with Gasteiger partial charge in [0.25, 0.3) is 11.8 Å². The summed E-state index contributed by atoms with van der Waals surface area (Å²) >= 11 is 0. The minimum absolute atomic E-state index is 0.237. The maximum absolute atomic E-state index is 14.7. The van der Waals surface area contributed by atoms with Crippen LogP contribution in [-0.4, -0.2) is 23.4 Å². The van der Waals surface area contributed by atoms with Crippen LogP contribution in [0.1, 0.15) is 64.6 Å². The number of hydrogen-bond acceptors (Lipinski definition) is 4. The molecule has 0 bridgehead atoms. The maximum atomic E-state index is 14.7. The monoisotopic (exact) mass is 704 g/mol. The molecule has 0 N–H and O–H groups in total. The molecule has 7 aromatic carbocycles. The van der Waals surface area contributed by atoms with Gasteiger partial charge in [-0.3, -0.25) is 29.0 Å². The van der Waals surface area contributed by atoms with Gasteiger partial charge in [-0.25, -0.2) is 0 Å². The van der Waals surface area contributed by atoms with Crippen LogP contribution in [0.3, 0.4) is 0 Å². The number of hydrogen-bond donors (Lipinski definition) is 0. The lowest BCUT2D eigenvalue weighted by Crippen LogP contribution is -2.40. The molecule has 6 nitrogen and oxygen atoms in total. The molecule has 2 unspecified atom stereocenters. The maximum Gasteiger partial charge on any atom is 0.259 e. The third-order valence-corrected chi connectivity index (χ3v) is 9.25. The topological polar surface area (TPSA) is 74.8 Å². The number of anilines is 2. The van der Waals surface area contributed by atoms with E-state index in [1.54, 1.807) is 97.1 Å². The van der Waals surface area contributed by atoms with E-state index in [1.807, 2.05) is 109 Å². The minimum Gasteiger partial charge on any atom is -0.293 e. The molecule has 0 aliphatic rings. The van der Waals surface area contributed by atoms with Gasteiger partial charge in [0.1, 0.15) is 12.1 Å². The van der Waals surface area contributed by atoms with Gasteiger partial charge in [0, 0.05) is 33.6 Å². The molecule has 0 saturated carbocycles. The lowest BCUT2D eigenvalue weighted by atomic mass is 9.94. The first-order chi connectivity index (χ1) is 26.5. The predicted molar refractivity (Wildman–Crippen MR) is 213 cm³/mol. The zero-order valence-corrected chi connectivity index (χ0v) is 29.3. The molecule has 0 saturated heterocycles. The van der Waals surface area contributed by atoms with Gasteiger partial charge in [-0.2, -0.15) is 0 Å². The number of amides is 2. The van der Waals surface area contributed by atoms with Crippen molar-refractivity contribution < 1.29 is 19.2 Å². The Morgan fingerprint density at radius 1 is 0.296 bits per heavy atom. The second kappa shape index (κ2) is 16.4. The highest BCUT2D eigenvalue weighted by atomic mass is 16.2. The highest BCUT2D eigenvalue weighted by molar-refractivity contribution is 6.15. The molecule has 7 rings (SSSR count). The number of ketones is 2. The summed E-state index contributed by atoms with van der Waals surface area (Å²) in [5, 5.41) is 0. The molecule has 0 aromatic heterocycles. The van der Waals surface area contributed by atoms with E-state index in [2.05, 4.69) is 0 Å². The number of rotatable bonds is 12. The average Bonchev–Trinajstić information content (AvgIpc) is 3.25. The molecule has 6 heteroatoms. The van der Waals surface area contributed by atoms with Crippen molar-refractivity contribution in [2.45, 2.75) is 12.1 Å². The van der Waals surface area contributed by atoms with Gasteiger partial charge in [-0.05, 0) is 59.7 Å². The highest BCUT2D eigenvalue weighted by Crippen LogP contribution is 2.34.